The Hall–Kier alpha value is -3.12. The lowest BCUT2D eigenvalue weighted by Crippen LogP contribution is -1.91. The van der Waals surface area contributed by atoms with Crippen LogP contribution in [0.1, 0.15) is 27.8 Å². The third-order valence-electron chi connectivity index (χ3n) is 5.17. The molecular weight excluding hydrogens is 336 g/mol. The van der Waals surface area contributed by atoms with Gasteiger partial charge in [-0.3, -0.25) is 0 Å². The Morgan fingerprint density at radius 2 is 0.893 bits per heavy atom. The summed E-state index contributed by atoms with van der Waals surface area (Å²) < 4.78 is 0. The van der Waals surface area contributed by atoms with Crippen LogP contribution >= 0.6 is 0 Å². The van der Waals surface area contributed by atoms with Gasteiger partial charge in [-0.25, -0.2) is 0 Å². The molecule has 0 heterocycles. The average Bonchev–Trinajstić information content (AvgIpc) is 2.68. The summed E-state index contributed by atoms with van der Waals surface area (Å²) in [6, 6.07) is 33.3. The fourth-order valence-corrected chi connectivity index (χ4v) is 3.92. The standard InChI is InChI=1S/C28H26/c1-20-7-4-10-25(14-20)26-11-5-8-23(18-26)17-24-9-6-12-27(19-24)28-15-21(2)13-22(3)16-28/h4-16,18-19H,17H2,1-3H3. The number of aryl methyl sites for hydroxylation is 3. The van der Waals surface area contributed by atoms with Crippen molar-refractivity contribution in [3.05, 3.63) is 119 Å². The van der Waals surface area contributed by atoms with E-state index < -0.39 is 0 Å². The molecule has 0 saturated heterocycles. The Bertz CT molecular complexity index is 1100. The third-order valence-corrected chi connectivity index (χ3v) is 5.17. The van der Waals surface area contributed by atoms with Crippen molar-refractivity contribution in [1.29, 1.82) is 0 Å². The van der Waals surface area contributed by atoms with Gasteiger partial charge in [-0.05, 0) is 60.6 Å². The average molecular weight is 363 g/mol. The second kappa shape index (κ2) is 7.86. The van der Waals surface area contributed by atoms with Gasteiger partial charge in [0, 0.05) is 0 Å². The van der Waals surface area contributed by atoms with E-state index in [0.717, 1.165) is 6.42 Å². The van der Waals surface area contributed by atoms with Crippen LogP contribution in [-0.2, 0) is 6.42 Å². The summed E-state index contributed by atoms with van der Waals surface area (Å²) in [7, 11) is 0. The molecule has 28 heavy (non-hydrogen) atoms. The van der Waals surface area contributed by atoms with E-state index in [4.69, 9.17) is 0 Å². The number of benzene rings is 4. The summed E-state index contributed by atoms with van der Waals surface area (Å²) in [6.07, 6.45) is 0.943. The SMILES string of the molecule is Cc1cccc(-c2cccc(Cc3cccc(-c4cc(C)cc(C)c4)c3)c2)c1. The first-order valence-corrected chi connectivity index (χ1v) is 9.90. The summed E-state index contributed by atoms with van der Waals surface area (Å²) in [6.45, 7) is 6.47. The summed E-state index contributed by atoms with van der Waals surface area (Å²) >= 11 is 0. The first kappa shape index (κ1) is 18.3. The van der Waals surface area contributed by atoms with Crippen molar-refractivity contribution in [2.24, 2.45) is 0 Å². The highest BCUT2D eigenvalue weighted by Crippen LogP contribution is 2.26. The van der Waals surface area contributed by atoms with Crippen molar-refractivity contribution < 1.29 is 0 Å². The maximum Gasteiger partial charge on any atom is -0.00253 e. The molecule has 138 valence electrons. The molecule has 0 unspecified atom stereocenters. The normalized spacial score (nSPS) is 10.8. The molecule has 0 spiro atoms. The molecule has 0 fully saturated rings. The Balaban J connectivity index is 1.62. The minimum absolute atomic E-state index is 0.943. The van der Waals surface area contributed by atoms with Crippen molar-refractivity contribution in [3.8, 4) is 22.3 Å². The highest BCUT2D eigenvalue weighted by Gasteiger charge is 2.04. The lowest BCUT2D eigenvalue weighted by Gasteiger charge is -2.10. The zero-order chi connectivity index (χ0) is 19.5. The third kappa shape index (κ3) is 4.23. The first-order valence-electron chi connectivity index (χ1n) is 9.90. The largest absolute Gasteiger partial charge is 0.0614 e. The van der Waals surface area contributed by atoms with Gasteiger partial charge in [-0.2, -0.15) is 0 Å². The van der Waals surface area contributed by atoms with Crippen LogP contribution in [-0.4, -0.2) is 0 Å². The Kier molecular flexibility index (Phi) is 5.12. The van der Waals surface area contributed by atoms with E-state index in [-0.39, 0.29) is 0 Å². The molecule has 0 bridgehead atoms. The molecule has 0 aliphatic rings. The summed E-state index contributed by atoms with van der Waals surface area (Å²) in [5.74, 6) is 0. The minimum Gasteiger partial charge on any atom is -0.0614 e. The van der Waals surface area contributed by atoms with Crippen molar-refractivity contribution in [3.63, 3.8) is 0 Å². The smallest absolute Gasteiger partial charge is 0.00253 e. The highest BCUT2D eigenvalue weighted by atomic mass is 14.1. The van der Waals surface area contributed by atoms with Gasteiger partial charge in [0.1, 0.15) is 0 Å². The molecule has 0 heteroatoms. The molecule has 0 nitrogen and oxygen atoms in total. The lowest BCUT2D eigenvalue weighted by molar-refractivity contribution is 1.19. The van der Waals surface area contributed by atoms with Crippen molar-refractivity contribution in [1.82, 2.24) is 0 Å². The van der Waals surface area contributed by atoms with Crippen LogP contribution in [0.3, 0.4) is 0 Å². The predicted molar refractivity (Wildman–Crippen MR) is 121 cm³/mol. The Labute approximate surface area is 168 Å². The molecule has 0 N–H and O–H groups in total. The van der Waals surface area contributed by atoms with Crippen molar-refractivity contribution >= 4 is 0 Å². The molecule has 4 aromatic carbocycles. The van der Waals surface area contributed by atoms with Gasteiger partial charge in [0.25, 0.3) is 0 Å². The van der Waals surface area contributed by atoms with Crippen LogP contribution in [0.2, 0.25) is 0 Å². The van der Waals surface area contributed by atoms with Crippen LogP contribution in [0.25, 0.3) is 22.3 Å². The summed E-state index contributed by atoms with van der Waals surface area (Å²) in [5.41, 5.74) is 11.8. The molecule has 4 aromatic rings. The molecule has 0 aliphatic heterocycles. The van der Waals surface area contributed by atoms with Crippen molar-refractivity contribution in [2.45, 2.75) is 27.2 Å². The van der Waals surface area contributed by atoms with Crippen LogP contribution in [0.4, 0.5) is 0 Å². The van der Waals surface area contributed by atoms with Crippen LogP contribution in [0.5, 0.6) is 0 Å². The molecule has 0 aromatic heterocycles. The zero-order valence-corrected chi connectivity index (χ0v) is 16.9. The Morgan fingerprint density at radius 1 is 0.429 bits per heavy atom. The van der Waals surface area contributed by atoms with Gasteiger partial charge in [0.15, 0.2) is 0 Å². The van der Waals surface area contributed by atoms with Crippen LogP contribution < -0.4 is 0 Å². The van der Waals surface area contributed by atoms with Crippen LogP contribution in [0, 0.1) is 20.8 Å². The zero-order valence-electron chi connectivity index (χ0n) is 16.9. The minimum atomic E-state index is 0.943. The monoisotopic (exact) mass is 362 g/mol. The lowest BCUT2D eigenvalue weighted by atomic mass is 9.95. The quantitative estimate of drug-likeness (QED) is 0.352. The second-order valence-corrected chi connectivity index (χ2v) is 7.82. The molecule has 0 radical (unpaired) electrons. The molecule has 0 aliphatic carbocycles. The number of rotatable bonds is 4. The topological polar surface area (TPSA) is 0 Å². The van der Waals surface area contributed by atoms with E-state index in [2.05, 4.69) is 112 Å². The first-order chi connectivity index (χ1) is 13.6. The van der Waals surface area contributed by atoms with E-state index in [1.165, 1.54) is 50.1 Å². The molecule has 0 amide bonds. The number of hydrogen-bond donors (Lipinski definition) is 0. The maximum atomic E-state index is 2.33. The van der Waals surface area contributed by atoms with E-state index in [9.17, 15) is 0 Å². The molecule has 0 saturated carbocycles. The fourth-order valence-electron chi connectivity index (χ4n) is 3.92. The van der Waals surface area contributed by atoms with Crippen molar-refractivity contribution in [2.75, 3.05) is 0 Å². The van der Waals surface area contributed by atoms with E-state index in [0.29, 0.717) is 0 Å². The molecule has 4 rings (SSSR count). The molecular formula is C28H26. The maximum absolute atomic E-state index is 2.33. The Morgan fingerprint density at radius 3 is 1.46 bits per heavy atom. The van der Waals surface area contributed by atoms with Gasteiger partial charge < -0.3 is 0 Å². The van der Waals surface area contributed by atoms with Gasteiger partial charge in [0.2, 0.25) is 0 Å². The van der Waals surface area contributed by atoms with Crippen LogP contribution in [0.15, 0.2) is 91.0 Å². The molecule has 0 atom stereocenters. The van der Waals surface area contributed by atoms with Gasteiger partial charge in [0.05, 0.1) is 0 Å². The van der Waals surface area contributed by atoms with E-state index in [1.54, 1.807) is 0 Å². The van der Waals surface area contributed by atoms with E-state index >= 15 is 0 Å². The predicted octanol–water partition coefficient (Wildman–Crippen LogP) is 7.54. The number of hydrogen-bond acceptors (Lipinski definition) is 0. The van der Waals surface area contributed by atoms with Gasteiger partial charge >= 0.3 is 0 Å². The van der Waals surface area contributed by atoms with E-state index in [1.807, 2.05) is 0 Å². The fraction of sp³-hybridized carbons (Fsp3) is 0.143. The summed E-state index contributed by atoms with van der Waals surface area (Å²) in [4.78, 5) is 0. The summed E-state index contributed by atoms with van der Waals surface area (Å²) in [5, 5.41) is 0. The van der Waals surface area contributed by atoms with Gasteiger partial charge in [-0.1, -0.05) is 108 Å². The highest BCUT2D eigenvalue weighted by molar-refractivity contribution is 5.67. The van der Waals surface area contributed by atoms with Gasteiger partial charge in [-0.15, -0.1) is 0 Å². The second-order valence-electron chi connectivity index (χ2n) is 7.82.